The molecule has 6 heteroatoms. The summed E-state index contributed by atoms with van der Waals surface area (Å²) in [6.45, 7) is 0.0646. The predicted molar refractivity (Wildman–Crippen MR) is 211 cm³/mol. The molecule has 2 aliphatic heterocycles. The molecule has 0 saturated heterocycles. The molecule has 3 aromatic heterocycles. The lowest BCUT2D eigenvalue weighted by molar-refractivity contribution is 0.246. The Labute approximate surface area is 301 Å². The Morgan fingerprint density at radius 2 is 1.23 bits per heavy atom. The number of hydrogen-bond acceptors (Lipinski definition) is 4. The van der Waals surface area contributed by atoms with Crippen molar-refractivity contribution in [2.45, 2.75) is 11.9 Å². The van der Waals surface area contributed by atoms with Gasteiger partial charge >= 0.3 is 0 Å². The molecule has 11 rings (SSSR count). The van der Waals surface area contributed by atoms with Crippen LogP contribution in [0.2, 0.25) is 5.82 Å². The zero-order valence-corrected chi connectivity index (χ0v) is 28.1. The molecule has 3 aliphatic rings. The molecular formula is C46H30BN3O2. The number of para-hydroxylation sites is 2. The second-order valence-electron chi connectivity index (χ2n) is 13.7. The summed E-state index contributed by atoms with van der Waals surface area (Å²) < 4.78 is 16.1. The monoisotopic (exact) mass is 667 g/mol. The number of ether oxygens (including phenoxy) is 2. The third-order valence-electron chi connectivity index (χ3n) is 10.8. The Kier molecular flexibility index (Phi) is 6.40. The fourth-order valence-electron chi connectivity index (χ4n) is 8.44. The highest BCUT2D eigenvalue weighted by molar-refractivity contribution is 6.89. The summed E-state index contributed by atoms with van der Waals surface area (Å²) in [7, 11) is 0. The minimum atomic E-state index is -0.165. The standard InChI is InChI=1S/C46H30BN3O2/c1-3-13-40-34(9-1)35-10-2-4-14-41(35)50(40)33-19-15-29(16-20-33)32-27-44-46-45(28-32)52-43-26-31(39-12-6-8-24-49-39)18-22-37(43)47(46)36-21-17-30(25-42(36)51-44)38-11-5-7-23-48-38/h1-28,36,42H. The Balaban J connectivity index is 1.04. The van der Waals surface area contributed by atoms with Gasteiger partial charge in [0, 0.05) is 45.7 Å². The highest BCUT2D eigenvalue weighted by Gasteiger charge is 2.46. The summed E-state index contributed by atoms with van der Waals surface area (Å²) in [6, 6.07) is 49.0. The molecule has 1 aliphatic carbocycles. The van der Waals surface area contributed by atoms with Gasteiger partial charge in [-0.05, 0) is 95.0 Å². The smallest absolute Gasteiger partial charge is 0.234 e. The van der Waals surface area contributed by atoms with Crippen molar-refractivity contribution in [3.63, 3.8) is 0 Å². The van der Waals surface area contributed by atoms with Gasteiger partial charge in [0.1, 0.15) is 23.4 Å². The SMILES string of the molecule is C1=CC2B3c4ccc(-c5ccccn5)cc4Oc4cc(-c5ccc(-n6c7ccccc7c7ccccc76)cc5)cc(c43)OC2C=C1c1ccccn1. The second-order valence-corrected chi connectivity index (χ2v) is 13.7. The van der Waals surface area contributed by atoms with Crippen LogP contribution in [0.5, 0.6) is 17.2 Å². The largest absolute Gasteiger partial charge is 0.487 e. The van der Waals surface area contributed by atoms with Crippen LogP contribution < -0.4 is 20.4 Å². The van der Waals surface area contributed by atoms with Gasteiger partial charge in [-0.1, -0.05) is 84.9 Å². The van der Waals surface area contributed by atoms with Crippen LogP contribution in [0.1, 0.15) is 5.69 Å². The van der Waals surface area contributed by atoms with E-state index in [-0.39, 0.29) is 18.6 Å². The third-order valence-corrected chi connectivity index (χ3v) is 10.8. The summed E-state index contributed by atoms with van der Waals surface area (Å²) in [5, 5.41) is 2.50. The van der Waals surface area contributed by atoms with Crippen molar-refractivity contribution in [1.29, 1.82) is 0 Å². The van der Waals surface area contributed by atoms with Gasteiger partial charge in [-0.25, -0.2) is 0 Å². The van der Waals surface area contributed by atoms with Crippen molar-refractivity contribution < 1.29 is 9.47 Å². The molecule has 0 fully saturated rings. The second kappa shape index (κ2) is 11.4. The number of nitrogens with zero attached hydrogens (tertiary/aromatic N) is 3. The molecule has 0 radical (unpaired) electrons. The van der Waals surface area contributed by atoms with Gasteiger partial charge in [0.05, 0.1) is 22.4 Å². The Morgan fingerprint density at radius 3 is 1.96 bits per heavy atom. The lowest BCUT2D eigenvalue weighted by Gasteiger charge is -2.41. The van der Waals surface area contributed by atoms with Crippen LogP contribution in [0.4, 0.5) is 0 Å². The molecular weight excluding hydrogens is 637 g/mol. The lowest BCUT2D eigenvalue weighted by atomic mass is 9.30. The first-order chi connectivity index (χ1) is 25.8. The quantitative estimate of drug-likeness (QED) is 0.176. The van der Waals surface area contributed by atoms with Gasteiger partial charge < -0.3 is 14.0 Å². The molecule has 5 aromatic carbocycles. The summed E-state index contributed by atoms with van der Waals surface area (Å²) in [4.78, 5) is 9.25. The molecule has 2 atom stereocenters. The average Bonchev–Trinajstić information content (AvgIpc) is 3.55. The van der Waals surface area contributed by atoms with E-state index in [0.717, 1.165) is 67.5 Å². The molecule has 52 heavy (non-hydrogen) atoms. The zero-order valence-electron chi connectivity index (χ0n) is 28.1. The fourth-order valence-corrected chi connectivity index (χ4v) is 8.44. The first-order valence-electron chi connectivity index (χ1n) is 17.8. The van der Waals surface area contributed by atoms with E-state index in [2.05, 4.69) is 142 Å². The summed E-state index contributed by atoms with van der Waals surface area (Å²) in [6.07, 6.45) is 10.2. The number of benzene rings is 5. The van der Waals surface area contributed by atoms with Crippen molar-refractivity contribution in [3.8, 4) is 45.3 Å². The van der Waals surface area contributed by atoms with Crippen molar-refractivity contribution in [3.05, 3.63) is 176 Å². The van der Waals surface area contributed by atoms with E-state index in [9.17, 15) is 0 Å². The zero-order chi connectivity index (χ0) is 34.2. The van der Waals surface area contributed by atoms with Gasteiger partial charge in [-0.15, -0.1) is 0 Å². The van der Waals surface area contributed by atoms with Crippen LogP contribution in [-0.2, 0) is 0 Å². The molecule has 0 bridgehead atoms. The first kappa shape index (κ1) is 29.1. The minimum absolute atomic E-state index is 0.0646. The van der Waals surface area contributed by atoms with Crippen molar-refractivity contribution >= 4 is 45.0 Å². The van der Waals surface area contributed by atoms with Crippen LogP contribution in [0.3, 0.4) is 0 Å². The minimum Gasteiger partial charge on any atom is -0.487 e. The highest BCUT2D eigenvalue weighted by atomic mass is 16.5. The summed E-state index contributed by atoms with van der Waals surface area (Å²) in [5.74, 6) is 2.65. The van der Waals surface area contributed by atoms with Crippen LogP contribution >= 0.6 is 0 Å². The first-order valence-corrected chi connectivity index (χ1v) is 17.8. The average molecular weight is 668 g/mol. The van der Waals surface area contributed by atoms with Gasteiger partial charge in [0.2, 0.25) is 6.71 Å². The molecule has 0 saturated carbocycles. The maximum atomic E-state index is 6.93. The molecule has 0 N–H and O–H groups in total. The maximum Gasteiger partial charge on any atom is 0.234 e. The number of allylic oxidation sites excluding steroid dienone is 2. The fraction of sp³-hybridized carbons (Fsp3) is 0.0435. The van der Waals surface area contributed by atoms with E-state index in [1.54, 1.807) is 0 Å². The maximum absolute atomic E-state index is 6.93. The van der Waals surface area contributed by atoms with Crippen molar-refractivity contribution in [2.24, 2.45) is 0 Å². The molecule has 244 valence electrons. The van der Waals surface area contributed by atoms with Gasteiger partial charge in [0.25, 0.3) is 0 Å². The van der Waals surface area contributed by atoms with Crippen molar-refractivity contribution in [2.75, 3.05) is 0 Å². The van der Waals surface area contributed by atoms with Crippen LogP contribution in [0.15, 0.2) is 170 Å². The molecule has 2 unspecified atom stereocenters. The Morgan fingerprint density at radius 1 is 0.577 bits per heavy atom. The summed E-state index contributed by atoms with van der Waals surface area (Å²) in [5.41, 5.74) is 11.9. The van der Waals surface area contributed by atoms with E-state index in [4.69, 9.17) is 9.47 Å². The molecule has 5 heterocycles. The van der Waals surface area contributed by atoms with E-state index >= 15 is 0 Å². The van der Waals surface area contributed by atoms with Gasteiger partial charge in [-0.2, -0.15) is 0 Å². The number of fused-ring (bicyclic) bond motifs is 7. The number of pyridine rings is 2. The van der Waals surface area contributed by atoms with E-state index in [1.165, 1.54) is 21.8 Å². The van der Waals surface area contributed by atoms with E-state index in [1.807, 2.05) is 42.7 Å². The Bertz CT molecular complexity index is 2700. The Hall–Kier alpha value is -6.66. The van der Waals surface area contributed by atoms with Crippen LogP contribution in [0.25, 0.3) is 55.5 Å². The van der Waals surface area contributed by atoms with Crippen molar-refractivity contribution in [1.82, 2.24) is 14.5 Å². The molecule has 0 amide bonds. The van der Waals surface area contributed by atoms with Gasteiger partial charge in [-0.3, -0.25) is 9.97 Å². The predicted octanol–water partition coefficient (Wildman–Crippen LogP) is 9.41. The number of hydrogen-bond donors (Lipinski definition) is 0. The number of rotatable bonds is 4. The van der Waals surface area contributed by atoms with E-state index in [0.29, 0.717) is 0 Å². The molecule has 8 aromatic rings. The normalized spacial score (nSPS) is 16.8. The third kappa shape index (κ3) is 4.51. The van der Waals surface area contributed by atoms with Crippen LogP contribution in [0, 0.1) is 0 Å². The van der Waals surface area contributed by atoms with Gasteiger partial charge in [0.15, 0.2) is 0 Å². The molecule has 0 spiro atoms. The lowest BCUT2D eigenvalue weighted by Crippen LogP contribution is -2.56. The topological polar surface area (TPSA) is 49.2 Å². The van der Waals surface area contributed by atoms with E-state index < -0.39 is 0 Å². The molecule has 5 nitrogen and oxygen atoms in total. The number of aromatic nitrogens is 3. The van der Waals surface area contributed by atoms with Crippen LogP contribution in [-0.4, -0.2) is 27.4 Å². The summed E-state index contributed by atoms with van der Waals surface area (Å²) >= 11 is 0. The highest BCUT2D eigenvalue weighted by Crippen LogP contribution is 2.44.